The second-order valence-electron chi connectivity index (χ2n) is 7.48. The molecule has 2 fully saturated rings. The van der Waals surface area contributed by atoms with Gasteiger partial charge in [-0.25, -0.2) is 12.8 Å². The fourth-order valence-corrected chi connectivity index (χ4v) is 5.40. The Labute approximate surface area is 160 Å². The summed E-state index contributed by atoms with van der Waals surface area (Å²) in [5.74, 6) is -0.565. The van der Waals surface area contributed by atoms with Crippen LogP contribution in [-0.2, 0) is 14.8 Å². The van der Waals surface area contributed by atoms with Crippen LogP contribution in [0.2, 0.25) is 0 Å². The normalized spacial score (nSPS) is 20.0. The van der Waals surface area contributed by atoms with Gasteiger partial charge in [-0.3, -0.25) is 4.79 Å². The van der Waals surface area contributed by atoms with Gasteiger partial charge in [-0.1, -0.05) is 0 Å². The van der Waals surface area contributed by atoms with Gasteiger partial charge in [0.05, 0.1) is 24.5 Å². The van der Waals surface area contributed by atoms with Crippen LogP contribution in [0.1, 0.15) is 32.1 Å². The maximum atomic E-state index is 13.0. The van der Waals surface area contributed by atoms with Gasteiger partial charge in [-0.15, -0.1) is 0 Å². The lowest BCUT2D eigenvalue weighted by Crippen LogP contribution is -3.10. The standard InChI is InChI=1S/C19H28FN3O3S/c20-17-4-6-18(7-5-17)27(25,26)23-14-8-16(9-15-23)19(24)21-10-3-13-22-11-1-2-12-22/h4-7,16H,1-3,8-15H2,(H,21,24)/p+1. The third-order valence-corrected chi connectivity index (χ3v) is 7.51. The van der Waals surface area contributed by atoms with Crippen LogP contribution in [0.5, 0.6) is 0 Å². The van der Waals surface area contributed by atoms with Gasteiger partial charge in [0.1, 0.15) is 5.82 Å². The predicted molar refractivity (Wildman–Crippen MR) is 100 cm³/mol. The van der Waals surface area contributed by atoms with E-state index in [2.05, 4.69) is 5.32 Å². The summed E-state index contributed by atoms with van der Waals surface area (Å²) < 4.78 is 39.6. The van der Waals surface area contributed by atoms with Crippen LogP contribution in [0.4, 0.5) is 4.39 Å². The molecule has 27 heavy (non-hydrogen) atoms. The van der Waals surface area contributed by atoms with Crippen LogP contribution < -0.4 is 10.2 Å². The number of benzene rings is 1. The first kappa shape index (κ1) is 20.2. The molecule has 0 aromatic heterocycles. The van der Waals surface area contributed by atoms with E-state index in [-0.39, 0.29) is 16.7 Å². The molecule has 0 radical (unpaired) electrons. The van der Waals surface area contributed by atoms with E-state index >= 15 is 0 Å². The lowest BCUT2D eigenvalue weighted by atomic mass is 9.97. The summed E-state index contributed by atoms with van der Waals surface area (Å²) in [4.78, 5) is 14.1. The van der Waals surface area contributed by atoms with E-state index in [1.54, 1.807) is 4.90 Å². The number of quaternary nitrogens is 1. The minimum Gasteiger partial charge on any atom is -0.356 e. The minimum absolute atomic E-state index is 0.0326. The van der Waals surface area contributed by atoms with Crippen molar-refractivity contribution < 1.29 is 22.5 Å². The van der Waals surface area contributed by atoms with Gasteiger partial charge in [-0.05, 0) is 37.1 Å². The monoisotopic (exact) mass is 398 g/mol. The molecule has 2 saturated heterocycles. The second kappa shape index (κ2) is 9.12. The predicted octanol–water partition coefficient (Wildman–Crippen LogP) is 0.411. The molecule has 1 amide bonds. The average Bonchev–Trinajstić information content (AvgIpc) is 3.19. The van der Waals surface area contributed by atoms with Crippen molar-refractivity contribution in [2.24, 2.45) is 5.92 Å². The maximum absolute atomic E-state index is 13.0. The molecule has 150 valence electrons. The van der Waals surface area contributed by atoms with E-state index in [0.29, 0.717) is 32.5 Å². The zero-order chi connectivity index (χ0) is 19.3. The van der Waals surface area contributed by atoms with Crippen LogP contribution in [0.25, 0.3) is 0 Å². The number of sulfonamides is 1. The van der Waals surface area contributed by atoms with E-state index in [1.165, 1.54) is 42.4 Å². The van der Waals surface area contributed by atoms with E-state index < -0.39 is 15.8 Å². The van der Waals surface area contributed by atoms with Gasteiger partial charge in [0.15, 0.2) is 0 Å². The van der Waals surface area contributed by atoms with E-state index in [4.69, 9.17) is 0 Å². The van der Waals surface area contributed by atoms with Gasteiger partial charge in [0.2, 0.25) is 15.9 Å². The molecule has 2 aliphatic rings. The number of nitrogens with one attached hydrogen (secondary N) is 2. The maximum Gasteiger partial charge on any atom is 0.243 e. The molecule has 0 unspecified atom stereocenters. The lowest BCUT2D eigenvalue weighted by Gasteiger charge is -2.30. The Morgan fingerprint density at radius 3 is 2.41 bits per heavy atom. The van der Waals surface area contributed by atoms with E-state index in [1.807, 2.05) is 0 Å². The molecule has 1 aromatic carbocycles. The van der Waals surface area contributed by atoms with Crippen LogP contribution in [0.15, 0.2) is 29.2 Å². The summed E-state index contributed by atoms with van der Waals surface area (Å²) in [6, 6.07) is 4.87. The lowest BCUT2D eigenvalue weighted by molar-refractivity contribution is -0.887. The molecule has 0 aliphatic carbocycles. The fraction of sp³-hybridized carbons (Fsp3) is 0.632. The van der Waals surface area contributed by atoms with Crippen molar-refractivity contribution in [2.45, 2.75) is 37.0 Å². The van der Waals surface area contributed by atoms with Crippen molar-refractivity contribution in [2.75, 3.05) is 39.3 Å². The molecule has 1 aromatic rings. The smallest absolute Gasteiger partial charge is 0.243 e. The molecule has 2 heterocycles. The fourth-order valence-electron chi connectivity index (χ4n) is 3.93. The van der Waals surface area contributed by atoms with Gasteiger partial charge in [0.25, 0.3) is 0 Å². The molecular weight excluding hydrogens is 369 g/mol. The van der Waals surface area contributed by atoms with Crippen molar-refractivity contribution in [3.05, 3.63) is 30.1 Å². The number of hydrogen-bond donors (Lipinski definition) is 2. The summed E-state index contributed by atoms with van der Waals surface area (Å²) >= 11 is 0. The number of carbonyl (C=O) groups is 1. The summed E-state index contributed by atoms with van der Waals surface area (Å²) in [5, 5.41) is 3.01. The number of hydrogen-bond acceptors (Lipinski definition) is 3. The second-order valence-corrected chi connectivity index (χ2v) is 9.42. The van der Waals surface area contributed by atoms with Gasteiger partial charge in [0, 0.05) is 44.8 Å². The summed E-state index contributed by atoms with van der Waals surface area (Å²) in [5.41, 5.74) is 0. The molecule has 6 nitrogen and oxygen atoms in total. The van der Waals surface area contributed by atoms with Gasteiger partial charge in [-0.2, -0.15) is 4.31 Å². The molecule has 2 N–H and O–H groups in total. The molecule has 0 spiro atoms. The van der Waals surface area contributed by atoms with Gasteiger partial charge < -0.3 is 10.2 Å². The highest BCUT2D eigenvalue weighted by molar-refractivity contribution is 7.89. The van der Waals surface area contributed by atoms with Crippen molar-refractivity contribution in [3.8, 4) is 0 Å². The first-order valence-electron chi connectivity index (χ1n) is 9.84. The summed E-state index contributed by atoms with van der Waals surface area (Å²) in [6.45, 7) is 4.92. The average molecular weight is 399 g/mol. The van der Waals surface area contributed by atoms with Crippen LogP contribution in [-0.4, -0.2) is 57.9 Å². The zero-order valence-corrected chi connectivity index (χ0v) is 16.4. The van der Waals surface area contributed by atoms with Crippen molar-refractivity contribution in [1.82, 2.24) is 9.62 Å². The van der Waals surface area contributed by atoms with Crippen molar-refractivity contribution >= 4 is 15.9 Å². The third-order valence-electron chi connectivity index (χ3n) is 5.59. The number of rotatable bonds is 7. The summed E-state index contributed by atoms with van der Waals surface area (Å²) in [6.07, 6.45) is 4.63. The number of likely N-dealkylation sites (tertiary alicyclic amines) is 1. The zero-order valence-electron chi connectivity index (χ0n) is 15.6. The van der Waals surface area contributed by atoms with E-state index in [0.717, 1.165) is 25.1 Å². The Morgan fingerprint density at radius 1 is 1.15 bits per heavy atom. The van der Waals surface area contributed by atoms with Crippen LogP contribution in [0.3, 0.4) is 0 Å². The Balaban J connectivity index is 1.42. The molecule has 0 bridgehead atoms. The highest BCUT2D eigenvalue weighted by atomic mass is 32.2. The molecule has 0 atom stereocenters. The largest absolute Gasteiger partial charge is 0.356 e. The first-order chi connectivity index (χ1) is 13.0. The molecule has 0 saturated carbocycles. The highest BCUT2D eigenvalue weighted by Gasteiger charge is 2.32. The Bertz CT molecular complexity index is 725. The van der Waals surface area contributed by atoms with Crippen molar-refractivity contribution in [3.63, 3.8) is 0 Å². The quantitative estimate of drug-likeness (QED) is 0.654. The SMILES string of the molecule is O=C(NCCC[NH+]1CCCC1)C1CCN(S(=O)(=O)c2ccc(F)cc2)CC1. The van der Waals surface area contributed by atoms with Crippen LogP contribution >= 0.6 is 0 Å². The number of halogens is 1. The number of amides is 1. The Hall–Kier alpha value is -1.51. The number of piperidine rings is 1. The molecular formula is C19H29FN3O3S+. The molecule has 8 heteroatoms. The molecule has 3 rings (SSSR count). The first-order valence-corrected chi connectivity index (χ1v) is 11.3. The number of carbonyl (C=O) groups excluding carboxylic acids is 1. The van der Waals surface area contributed by atoms with E-state index in [9.17, 15) is 17.6 Å². The Kier molecular flexibility index (Phi) is 6.83. The third kappa shape index (κ3) is 5.27. The Morgan fingerprint density at radius 2 is 1.78 bits per heavy atom. The minimum atomic E-state index is -3.63. The topological polar surface area (TPSA) is 70.9 Å². The van der Waals surface area contributed by atoms with Crippen LogP contribution in [0, 0.1) is 11.7 Å². The number of nitrogens with zero attached hydrogens (tertiary/aromatic N) is 1. The van der Waals surface area contributed by atoms with Gasteiger partial charge >= 0.3 is 0 Å². The summed E-state index contributed by atoms with van der Waals surface area (Å²) in [7, 11) is -3.63. The highest BCUT2D eigenvalue weighted by Crippen LogP contribution is 2.24. The van der Waals surface area contributed by atoms with Crippen molar-refractivity contribution in [1.29, 1.82) is 0 Å². The molecule has 2 aliphatic heterocycles.